The normalized spacial score (nSPS) is 37.4. The minimum absolute atomic E-state index is 0.0836. The van der Waals surface area contributed by atoms with Crippen LogP contribution in [-0.4, -0.2) is 72.7 Å². The Bertz CT molecular complexity index is 1030. The number of ether oxygens (including phenoxy) is 5. The first-order valence-electron chi connectivity index (χ1n) is 12.3. The lowest BCUT2D eigenvalue weighted by molar-refractivity contribution is -0.214. The Labute approximate surface area is 216 Å². The van der Waals surface area contributed by atoms with E-state index in [4.69, 9.17) is 23.7 Å². The van der Waals surface area contributed by atoms with E-state index in [1.54, 1.807) is 25.2 Å². The Hall–Kier alpha value is -2.98. The first-order valence-corrected chi connectivity index (χ1v) is 12.3. The summed E-state index contributed by atoms with van der Waals surface area (Å²) in [6, 6.07) is 0. The summed E-state index contributed by atoms with van der Waals surface area (Å²) in [4.78, 5) is 49.7. The first kappa shape index (κ1) is 28.6. The van der Waals surface area contributed by atoms with Crippen LogP contribution in [0, 0.1) is 17.3 Å². The average molecular weight is 521 g/mol. The number of hydrogen-bond donors (Lipinski definition) is 1. The average Bonchev–Trinajstić information content (AvgIpc) is 3.00. The van der Waals surface area contributed by atoms with Crippen molar-refractivity contribution in [1.82, 2.24) is 0 Å². The summed E-state index contributed by atoms with van der Waals surface area (Å²) < 4.78 is 28.2. The molecule has 0 aromatic rings. The Morgan fingerprint density at radius 1 is 1.14 bits per heavy atom. The van der Waals surface area contributed by atoms with Gasteiger partial charge < -0.3 is 28.8 Å². The Morgan fingerprint density at radius 2 is 1.76 bits per heavy atom. The van der Waals surface area contributed by atoms with E-state index in [2.05, 4.69) is 6.58 Å². The lowest BCUT2D eigenvalue weighted by Gasteiger charge is -2.54. The summed E-state index contributed by atoms with van der Waals surface area (Å²) in [7, 11) is 1.48. The molecule has 0 amide bonds. The van der Waals surface area contributed by atoms with Gasteiger partial charge in [0.05, 0.1) is 17.9 Å². The van der Waals surface area contributed by atoms with Crippen LogP contribution in [-0.2, 0) is 42.9 Å². The molecule has 1 saturated heterocycles. The van der Waals surface area contributed by atoms with Crippen molar-refractivity contribution in [2.75, 3.05) is 13.7 Å². The number of methoxy groups -OCH3 is 1. The molecule has 2 fully saturated rings. The molecule has 204 valence electrons. The monoisotopic (exact) mass is 520 g/mol. The smallest absolute Gasteiger partial charge is 0.312 e. The van der Waals surface area contributed by atoms with Gasteiger partial charge in [-0.25, -0.2) is 0 Å². The number of esters is 4. The number of carbonyl (C=O) groups is 4. The minimum atomic E-state index is -2.03. The fourth-order valence-electron chi connectivity index (χ4n) is 5.93. The van der Waals surface area contributed by atoms with Crippen LogP contribution in [0.1, 0.15) is 47.5 Å². The van der Waals surface area contributed by atoms with Gasteiger partial charge in [0.25, 0.3) is 0 Å². The number of aliphatic hydroxyl groups is 1. The highest BCUT2D eigenvalue weighted by atomic mass is 16.6. The van der Waals surface area contributed by atoms with E-state index in [0.29, 0.717) is 24.0 Å². The van der Waals surface area contributed by atoms with Gasteiger partial charge in [-0.1, -0.05) is 25.2 Å². The predicted molar refractivity (Wildman–Crippen MR) is 130 cm³/mol. The molecule has 1 heterocycles. The molecule has 1 N–H and O–H groups in total. The maximum atomic E-state index is 12.8. The number of hydrogen-bond acceptors (Lipinski definition) is 10. The molecular formula is C27H36O10. The van der Waals surface area contributed by atoms with Gasteiger partial charge in [-0.05, 0) is 37.5 Å². The molecule has 2 aliphatic carbocycles. The second-order valence-electron chi connectivity index (χ2n) is 10.2. The van der Waals surface area contributed by atoms with Crippen LogP contribution in [0.25, 0.3) is 0 Å². The third-order valence-electron chi connectivity index (χ3n) is 7.70. The van der Waals surface area contributed by atoms with Crippen molar-refractivity contribution in [3.05, 3.63) is 36.0 Å². The van der Waals surface area contributed by atoms with E-state index in [1.165, 1.54) is 34.8 Å². The molecule has 0 aromatic carbocycles. The molecule has 10 heteroatoms. The fourth-order valence-corrected chi connectivity index (χ4v) is 5.93. The third kappa shape index (κ3) is 5.22. The van der Waals surface area contributed by atoms with Gasteiger partial charge in [0, 0.05) is 33.8 Å². The highest BCUT2D eigenvalue weighted by Gasteiger charge is 2.67. The Morgan fingerprint density at radius 3 is 2.32 bits per heavy atom. The molecule has 10 nitrogen and oxygen atoms in total. The zero-order chi connectivity index (χ0) is 27.7. The van der Waals surface area contributed by atoms with Crippen molar-refractivity contribution in [2.24, 2.45) is 17.3 Å². The molecule has 0 bridgehead atoms. The fraction of sp³-hybridized carbons (Fsp3) is 0.630. The van der Waals surface area contributed by atoms with E-state index >= 15 is 0 Å². The van der Waals surface area contributed by atoms with Crippen LogP contribution in [0.5, 0.6) is 0 Å². The van der Waals surface area contributed by atoms with E-state index in [1.807, 2.05) is 0 Å². The van der Waals surface area contributed by atoms with Crippen LogP contribution in [0.3, 0.4) is 0 Å². The van der Waals surface area contributed by atoms with Crippen LogP contribution < -0.4 is 0 Å². The zero-order valence-corrected chi connectivity index (χ0v) is 22.1. The molecule has 0 aromatic heterocycles. The Balaban J connectivity index is 2.39. The zero-order valence-electron chi connectivity index (χ0n) is 22.1. The summed E-state index contributed by atoms with van der Waals surface area (Å²) in [6.45, 7) is 11.3. The molecule has 3 rings (SSSR count). The van der Waals surface area contributed by atoms with Gasteiger partial charge in [0.15, 0.2) is 11.7 Å². The van der Waals surface area contributed by atoms with Crippen molar-refractivity contribution >= 4 is 23.9 Å². The molecule has 1 saturated carbocycles. The predicted octanol–water partition coefficient (Wildman–Crippen LogP) is 2.19. The van der Waals surface area contributed by atoms with Crippen LogP contribution >= 0.6 is 0 Å². The maximum absolute atomic E-state index is 12.8. The van der Waals surface area contributed by atoms with Crippen molar-refractivity contribution in [3.63, 3.8) is 0 Å². The van der Waals surface area contributed by atoms with Gasteiger partial charge in [-0.2, -0.15) is 0 Å². The summed E-state index contributed by atoms with van der Waals surface area (Å²) >= 11 is 0. The minimum Gasteiger partial charge on any atom is -0.462 e. The quantitative estimate of drug-likeness (QED) is 0.326. The topological polar surface area (TPSA) is 135 Å². The van der Waals surface area contributed by atoms with Gasteiger partial charge in [0.2, 0.25) is 0 Å². The molecule has 8 atom stereocenters. The third-order valence-corrected chi connectivity index (χ3v) is 7.70. The second kappa shape index (κ2) is 10.8. The molecule has 0 radical (unpaired) electrons. The molecule has 0 spiro atoms. The van der Waals surface area contributed by atoms with Gasteiger partial charge in [-0.15, -0.1) is 0 Å². The van der Waals surface area contributed by atoms with Crippen molar-refractivity contribution in [2.45, 2.75) is 77.5 Å². The number of carbonyl (C=O) groups excluding carboxylic acids is 4. The molecule has 3 aliphatic rings. The van der Waals surface area contributed by atoms with E-state index in [-0.39, 0.29) is 6.61 Å². The van der Waals surface area contributed by atoms with E-state index in [9.17, 15) is 24.3 Å². The Kier molecular flexibility index (Phi) is 8.34. The van der Waals surface area contributed by atoms with E-state index < -0.39 is 71.1 Å². The SMILES string of the molecule is C=C1CCC(OC(C)=O)C2(C)C(OC(C)=O)C=CC(COC)=CC3OC(=O)C(C)C3(O)C(OC(C)=O)C12. The van der Waals surface area contributed by atoms with Gasteiger partial charge >= 0.3 is 23.9 Å². The molecule has 8 unspecified atom stereocenters. The first-order chi connectivity index (χ1) is 17.3. The van der Waals surface area contributed by atoms with Crippen molar-refractivity contribution in [1.29, 1.82) is 0 Å². The summed E-state index contributed by atoms with van der Waals surface area (Å²) in [5.41, 5.74) is -2.18. The summed E-state index contributed by atoms with van der Waals surface area (Å²) in [6.07, 6.45) is 1.22. The van der Waals surface area contributed by atoms with Crippen LogP contribution in [0.2, 0.25) is 0 Å². The van der Waals surface area contributed by atoms with E-state index in [0.717, 1.165) is 0 Å². The molecular weight excluding hydrogens is 484 g/mol. The largest absolute Gasteiger partial charge is 0.462 e. The molecule has 37 heavy (non-hydrogen) atoms. The maximum Gasteiger partial charge on any atom is 0.312 e. The summed E-state index contributed by atoms with van der Waals surface area (Å²) in [5, 5.41) is 12.3. The van der Waals surface area contributed by atoms with Gasteiger partial charge in [-0.3, -0.25) is 19.2 Å². The van der Waals surface area contributed by atoms with Crippen molar-refractivity contribution < 1.29 is 48.0 Å². The van der Waals surface area contributed by atoms with Crippen LogP contribution in [0.15, 0.2) is 36.0 Å². The van der Waals surface area contributed by atoms with Gasteiger partial charge in [0.1, 0.15) is 18.3 Å². The lowest BCUT2D eigenvalue weighted by Crippen LogP contribution is -2.65. The lowest BCUT2D eigenvalue weighted by atomic mass is 9.55. The number of fused-ring (bicyclic) bond motifs is 2. The second-order valence-corrected chi connectivity index (χ2v) is 10.2. The summed E-state index contributed by atoms with van der Waals surface area (Å²) in [5.74, 6) is -4.50. The highest BCUT2D eigenvalue weighted by Crippen LogP contribution is 2.55. The highest BCUT2D eigenvalue weighted by molar-refractivity contribution is 5.78. The standard InChI is InChI=1S/C27H36O10/c1-14-8-10-20(34-16(3)28)26(6)21(35-17(4)29)11-9-19(13-33-7)12-22-27(32,15(2)25(31)37-22)24(23(14)26)36-18(5)30/h9,11-12,15,20-24,32H,1,8,10,13H2,2-7H3. The van der Waals surface area contributed by atoms with Crippen LogP contribution in [0.4, 0.5) is 0 Å². The van der Waals surface area contributed by atoms with Crippen molar-refractivity contribution in [3.8, 4) is 0 Å². The number of rotatable bonds is 5. The molecule has 1 aliphatic heterocycles.